The van der Waals surface area contributed by atoms with Gasteiger partial charge in [0.15, 0.2) is 0 Å². The molecule has 22 heavy (non-hydrogen) atoms. The monoisotopic (exact) mass is 315 g/mol. The molecular formula is C16H17N3O2S. The van der Waals surface area contributed by atoms with Crippen LogP contribution in [0.4, 0.5) is 10.5 Å². The molecule has 0 fully saturated rings. The lowest BCUT2D eigenvalue weighted by Crippen LogP contribution is -2.44. The smallest absolute Gasteiger partial charge is 0.312 e. The van der Waals surface area contributed by atoms with Crippen LogP contribution in [-0.4, -0.2) is 18.0 Å². The van der Waals surface area contributed by atoms with Gasteiger partial charge in [-0.25, -0.2) is 4.79 Å². The standard InChI is InChI=1S/C16H17N3O2S/c1-11(18-16(17)21)15(20)19-12-6-5-9-14(10-12)22-13-7-3-2-4-8-13/h2-11H,1H3,(H,19,20)(H3,17,18,21)/t11-/m1/s1. The minimum absolute atomic E-state index is 0.319. The highest BCUT2D eigenvalue weighted by Crippen LogP contribution is 2.29. The summed E-state index contributed by atoms with van der Waals surface area (Å²) >= 11 is 1.61. The number of urea groups is 1. The van der Waals surface area contributed by atoms with Crippen LogP contribution in [0.1, 0.15) is 6.92 Å². The van der Waals surface area contributed by atoms with Crippen LogP contribution in [0.3, 0.4) is 0 Å². The van der Waals surface area contributed by atoms with E-state index in [4.69, 9.17) is 5.73 Å². The minimum atomic E-state index is -0.726. The Bertz CT molecular complexity index is 661. The SMILES string of the molecule is C[C@@H](NC(N)=O)C(=O)Nc1cccc(Sc2ccccc2)c1. The lowest BCUT2D eigenvalue weighted by molar-refractivity contribution is -0.117. The average Bonchev–Trinajstić information content (AvgIpc) is 2.48. The first-order valence-corrected chi connectivity index (χ1v) is 7.56. The Morgan fingerprint density at radius 3 is 2.41 bits per heavy atom. The molecule has 0 aliphatic rings. The largest absolute Gasteiger partial charge is 0.352 e. The molecule has 3 amide bonds. The van der Waals surface area contributed by atoms with Crippen LogP contribution in [0.15, 0.2) is 64.4 Å². The Kier molecular flexibility index (Phi) is 5.43. The Hall–Kier alpha value is -2.47. The third kappa shape index (κ3) is 4.82. The second kappa shape index (κ2) is 7.51. The summed E-state index contributed by atoms with van der Waals surface area (Å²) in [4.78, 5) is 24.8. The van der Waals surface area contributed by atoms with E-state index in [1.807, 2.05) is 48.5 Å². The van der Waals surface area contributed by atoms with Gasteiger partial charge in [-0.1, -0.05) is 36.0 Å². The maximum atomic E-state index is 11.9. The number of carbonyl (C=O) groups excluding carboxylic acids is 2. The first-order chi connectivity index (χ1) is 10.5. The summed E-state index contributed by atoms with van der Waals surface area (Å²) in [6, 6.07) is 16.1. The van der Waals surface area contributed by atoms with Gasteiger partial charge < -0.3 is 16.4 Å². The van der Waals surface area contributed by atoms with E-state index in [0.717, 1.165) is 9.79 Å². The minimum Gasteiger partial charge on any atom is -0.352 e. The van der Waals surface area contributed by atoms with E-state index in [1.165, 1.54) is 0 Å². The van der Waals surface area contributed by atoms with E-state index in [2.05, 4.69) is 10.6 Å². The van der Waals surface area contributed by atoms with Gasteiger partial charge in [0.05, 0.1) is 0 Å². The normalized spacial score (nSPS) is 11.5. The van der Waals surface area contributed by atoms with Crippen molar-refractivity contribution in [3.63, 3.8) is 0 Å². The van der Waals surface area contributed by atoms with Gasteiger partial charge in [-0.2, -0.15) is 0 Å². The fraction of sp³-hybridized carbons (Fsp3) is 0.125. The number of hydrogen-bond acceptors (Lipinski definition) is 3. The van der Waals surface area contributed by atoms with Crippen LogP contribution < -0.4 is 16.4 Å². The summed E-state index contributed by atoms with van der Waals surface area (Å²) in [7, 11) is 0. The van der Waals surface area contributed by atoms with Gasteiger partial charge in [-0.15, -0.1) is 0 Å². The molecule has 0 saturated carbocycles. The van der Waals surface area contributed by atoms with Gasteiger partial charge >= 0.3 is 6.03 Å². The van der Waals surface area contributed by atoms with Gasteiger partial charge in [-0.3, -0.25) is 4.79 Å². The van der Waals surface area contributed by atoms with Gasteiger partial charge in [0.2, 0.25) is 5.91 Å². The highest BCUT2D eigenvalue weighted by atomic mass is 32.2. The fourth-order valence-electron chi connectivity index (χ4n) is 1.79. The molecule has 5 nitrogen and oxygen atoms in total. The van der Waals surface area contributed by atoms with Gasteiger partial charge in [0.25, 0.3) is 0 Å². The van der Waals surface area contributed by atoms with Crippen molar-refractivity contribution in [3.05, 3.63) is 54.6 Å². The van der Waals surface area contributed by atoms with E-state index >= 15 is 0 Å². The number of nitrogens with one attached hydrogen (secondary N) is 2. The van der Waals surface area contributed by atoms with Gasteiger partial charge in [0, 0.05) is 15.5 Å². The number of primary amides is 1. The molecular weight excluding hydrogens is 298 g/mol. The molecule has 2 aromatic carbocycles. The third-order valence-corrected chi connectivity index (χ3v) is 3.83. The molecule has 2 aromatic rings. The molecule has 114 valence electrons. The van der Waals surface area contributed by atoms with E-state index in [-0.39, 0.29) is 5.91 Å². The quantitative estimate of drug-likeness (QED) is 0.793. The van der Waals surface area contributed by atoms with Crippen molar-refractivity contribution in [2.24, 2.45) is 5.73 Å². The molecule has 0 unspecified atom stereocenters. The topological polar surface area (TPSA) is 84.2 Å². The predicted molar refractivity (Wildman–Crippen MR) is 87.8 cm³/mol. The number of carbonyl (C=O) groups is 2. The van der Waals surface area contributed by atoms with Crippen LogP contribution in [0, 0.1) is 0 Å². The summed E-state index contributed by atoms with van der Waals surface area (Å²) in [6.07, 6.45) is 0. The number of rotatable bonds is 5. The average molecular weight is 315 g/mol. The molecule has 6 heteroatoms. The molecule has 0 aromatic heterocycles. The van der Waals surface area contributed by atoms with Gasteiger partial charge in [0.1, 0.15) is 6.04 Å². The Morgan fingerprint density at radius 1 is 1.05 bits per heavy atom. The van der Waals surface area contributed by atoms with Crippen LogP contribution in [0.25, 0.3) is 0 Å². The maximum Gasteiger partial charge on any atom is 0.312 e. The second-order valence-electron chi connectivity index (χ2n) is 4.66. The van der Waals surface area contributed by atoms with Crippen molar-refractivity contribution in [1.29, 1.82) is 0 Å². The first-order valence-electron chi connectivity index (χ1n) is 6.74. The van der Waals surface area contributed by atoms with E-state index in [9.17, 15) is 9.59 Å². The molecule has 0 spiro atoms. The molecule has 1 atom stereocenters. The zero-order chi connectivity index (χ0) is 15.9. The highest BCUT2D eigenvalue weighted by molar-refractivity contribution is 7.99. The van der Waals surface area contributed by atoms with Crippen molar-refractivity contribution >= 4 is 29.4 Å². The number of hydrogen-bond donors (Lipinski definition) is 3. The molecule has 2 rings (SSSR count). The summed E-state index contributed by atoms with van der Waals surface area (Å²) in [5.41, 5.74) is 5.67. The van der Waals surface area contributed by atoms with E-state index < -0.39 is 12.1 Å². The predicted octanol–water partition coefficient (Wildman–Crippen LogP) is 2.83. The molecule has 0 radical (unpaired) electrons. The molecule has 4 N–H and O–H groups in total. The number of nitrogens with two attached hydrogens (primary N) is 1. The van der Waals surface area contributed by atoms with Crippen molar-refractivity contribution in [3.8, 4) is 0 Å². The van der Waals surface area contributed by atoms with Crippen molar-refractivity contribution in [2.75, 3.05) is 5.32 Å². The molecule has 0 bridgehead atoms. The number of anilines is 1. The van der Waals surface area contributed by atoms with Crippen molar-refractivity contribution in [2.45, 2.75) is 22.8 Å². The van der Waals surface area contributed by atoms with Gasteiger partial charge in [-0.05, 0) is 37.3 Å². The summed E-state index contributed by atoms with van der Waals surface area (Å²) in [5.74, 6) is -0.319. The van der Waals surface area contributed by atoms with E-state index in [0.29, 0.717) is 5.69 Å². The second-order valence-corrected chi connectivity index (χ2v) is 5.81. The lowest BCUT2D eigenvalue weighted by Gasteiger charge is -2.13. The first kappa shape index (κ1) is 15.9. The van der Waals surface area contributed by atoms with Crippen LogP contribution in [0.2, 0.25) is 0 Å². The van der Waals surface area contributed by atoms with Crippen LogP contribution in [0.5, 0.6) is 0 Å². The van der Waals surface area contributed by atoms with Crippen molar-refractivity contribution in [1.82, 2.24) is 5.32 Å². The summed E-state index contributed by atoms with van der Waals surface area (Å²) in [5, 5.41) is 5.09. The highest BCUT2D eigenvalue weighted by Gasteiger charge is 2.14. The fourth-order valence-corrected chi connectivity index (χ4v) is 2.69. The van der Waals surface area contributed by atoms with Crippen molar-refractivity contribution < 1.29 is 9.59 Å². The lowest BCUT2D eigenvalue weighted by atomic mass is 10.2. The molecule has 0 aliphatic carbocycles. The summed E-state index contributed by atoms with van der Waals surface area (Å²) in [6.45, 7) is 1.57. The maximum absolute atomic E-state index is 11.9. The molecule has 0 saturated heterocycles. The number of amides is 3. The Labute approximate surface area is 133 Å². The molecule has 0 heterocycles. The van der Waals surface area contributed by atoms with Crippen LogP contribution >= 0.6 is 11.8 Å². The third-order valence-electron chi connectivity index (χ3n) is 2.83. The zero-order valence-electron chi connectivity index (χ0n) is 12.1. The molecule has 0 aliphatic heterocycles. The Balaban J connectivity index is 2.02. The zero-order valence-corrected chi connectivity index (χ0v) is 12.9. The summed E-state index contributed by atoms with van der Waals surface area (Å²) < 4.78 is 0. The Morgan fingerprint density at radius 2 is 1.73 bits per heavy atom. The number of benzene rings is 2. The van der Waals surface area contributed by atoms with Crippen LogP contribution in [-0.2, 0) is 4.79 Å². The van der Waals surface area contributed by atoms with E-state index in [1.54, 1.807) is 24.8 Å².